The summed E-state index contributed by atoms with van der Waals surface area (Å²) < 4.78 is 19.9. The van der Waals surface area contributed by atoms with Gasteiger partial charge in [0, 0.05) is 1.37 Å². The van der Waals surface area contributed by atoms with Crippen molar-refractivity contribution < 1.29 is 12.6 Å². The highest BCUT2D eigenvalue weighted by Crippen LogP contribution is 2.19. The third kappa shape index (κ3) is 1.98. The Balaban J connectivity index is 2.97. The largest absolute Gasteiger partial charge is 0.497 e. The summed E-state index contributed by atoms with van der Waals surface area (Å²) in [6, 6.07) is 6.52. The number of benzene rings is 1. The van der Waals surface area contributed by atoms with Gasteiger partial charge in [0.2, 0.25) is 0 Å². The average Bonchev–Trinajstić information content (AvgIpc) is 2.17. The van der Waals surface area contributed by atoms with Crippen LogP contribution in [-0.4, -0.2) is 12.2 Å². The lowest BCUT2D eigenvalue weighted by Gasteiger charge is -2.08. The van der Waals surface area contributed by atoms with Crippen LogP contribution in [0.4, 0.5) is 0 Å². The fourth-order valence-electron chi connectivity index (χ4n) is 0.928. The number of aliphatic hydroxyl groups is 1. The summed E-state index contributed by atoms with van der Waals surface area (Å²) in [6.07, 6.45) is -2.75. The van der Waals surface area contributed by atoms with Gasteiger partial charge in [-0.2, -0.15) is 0 Å². The monoisotopic (exact) mass is 168 g/mol. The first-order chi connectivity index (χ1) is 6.48. The van der Waals surface area contributed by atoms with Gasteiger partial charge in [-0.3, -0.25) is 0 Å². The van der Waals surface area contributed by atoms with E-state index in [1.807, 2.05) is 0 Å². The van der Waals surface area contributed by atoms with Crippen LogP contribution < -0.4 is 4.74 Å². The molecular weight excluding hydrogens is 152 g/mol. The molecule has 0 aliphatic rings. The van der Waals surface area contributed by atoms with Gasteiger partial charge >= 0.3 is 0 Å². The van der Waals surface area contributed by atoms with Gasteiger partial charge in [0.05, 0.1) is 14.6 Å². The second kappa shape index (κ2) is 4.12. The molecule has 2 nitrogen and oxygen atoms in total. The molecule has 0 amide bonds. The molecule has 0 bridgehead atoms. The Kier molecular flexibility index (Phi) is 2.23. The van der Waals surface area contributed by atoms with Gasteiger partial charge in [0.25, 0.3) is 0 Å². The summed E-state index contributed by atoms with van der Waals surface area (Å²) in [5, 5.41) is 9.67. The van der Waals surface area contributed by atoms with Crippen LogP contribution in [0.15, 0.2) is 24.3 Å². The summed E-state index contributed by atoms with van der Waals surface area (Å²) >= 11 is 0. The van der Waals surface area contributed by atoms with Crippen molar-refractivity contribution in [3.63, 3.8) is 0 Å². The highest BCUT2D eigenvalue weighted by atomic mass is 16.5. The molecule has 0 radical (unpaired) electrons. The minimum absolute atomic E-state index is 0.404. The van der Waals surface area contributed by atoms with Gasteiger partial charge < -0.3 is 9.84 Å². The second-order valence-corrected chi connectivity index (χ2v) is 2.40. The summed E-state index contributed by atoms with van der Waals surface area (Å²) in [6.45, 7) is 1.48. The van der Waals surface area contributed by atoms with Gasteiger partial charge in [-0.05, 0) is 24.1 Å². The van der Waals surface area contributed by atoms with Crippen molar-refractivity contribution >= 4 is 0 Å². The Bertz CT molecular complexity index is 293. The average molecular weight is 168 g/mol. The molecule has 0 aliphatic carbocycles. The Morgan fingerprint density at radius 2 is 2.17 bits per heavy atom. The van der Waals surface area contributed by atoms with Crippen molar-refractivity contribution in [1.82, 2.24) is 0 Å². The van der Waals surface area contributed by atoms with Crippen LogP contribution in [0.3, 0.4) is 0 Å². The summed E-state index contributed by atoms with van der Waals surface area (Å²) in [4.78, 5) is 0. The molecule has 2 unspecified atom stereocenters. The number of methoxy groups -OCH3 is 1. The SMILES string of the molecule is [2H]C(C)C([2H])(O)c1ccc(OC)cc1. The molecule has 1 aromatic rings. The number of rotatable bonds is 3. The zero-order valence-electron chi connectivity index (χ0n) is 9.24. The quantitative estimate of drug-likeness (QED) is 0.749. The number of ether oxygens (including phenoxy) is 1. The van der Waals surface area contributed by atoms with Gasteiger partial charge in [0.15, 0.2) is 0 Å². The molecule has 0 aliphatic heterocycles. The zero-order chi connectivity index (χ0) is 10.8. The topological polar surface area (TPSA) is 29.5 Å². The molecule has 2 heteroatoms. The Morgan fingerprint density at radius 1 is 1.58 bits per heavy atom. The minimum Gasteiger partial charge on any atom is -0.497 e. The van der Waals surface area contributed by atoms with E-state index in [-0.39, 0.29) is 0 Å². The van der Waals surface area contributed by atoms with Crippen LogP contribution in [0.1, 0.15) is 27.7 Å². The maximum absolute atomic E-state index is 9.67. The van der Waals surface area contributed by atoms with Crippen molar-refractivity contribution in [2.24, 2.45) is 0 Å². The highest BCUT2D eigenvalue weighted by Gasteiger charge is 2.03. The van der Waals surface area contributed by atoms with Gasteiger partial charge in [0.1, 0.15) is 5.75 Å². The van der Waals surface area contributed by atoms with E-state index in [1.54, 1.807) is 31.4 Å². The van der Waals surface area contributed by atoms with Gasteiger partial charge in [-0.1, -0.05) is 19.1 Å². The first-order valence-corrected chi connectivity index (χ1v) is 3.77. The lowest BCUT2D eigenvalue weighted by Crippen LogP contribution is -1.94. The summed E-state index contributed by atoms with van der Waals surface area (Å²) in [5.74, 6) is 0.669. The van der Waals surface area contributed by atoms with Crippen LogP contribution in [0.2, 0.25) is 0 Å². The maximum Gasteiger partial charge on any atom is 0.118 e. The van der Waals surface area contributed by atoms with Crippen molar-refractivity contribution in [3.05, 3.63) is 29.8 Å². The van der Waals surface area contributed by atoms with Gasteiger partial charge in [-0.15, -0.1) is 0 Å². The fourth-order valence-corrected chi connectivity index (χ4v) is 0.928. The number of hydrogen-bond acceptors (Lipinski definition) is 2. The van der Waals surface area contributed by atoms with E-state index in [0.29, 0.717) is 11.3 Å². The van der Waals surface area contributed by atoms with Crippen LogP contribution in [0, 0.1) is 0 Å². The van der Waals surface area contributed by atoms with Crippen LogP contribution in [0.5, 0.6) is 5.75 Å². The molecular formula is C10H14O2. The standard InChI is InChI=1S/C10H14O2/c1-3-10(11)8-4-6-9(12-2)7-5-8/h4-7,10-11H,3H2,1-2H3/i3D,10D. The first kappa shape index (κ1) is 6.49. The predicted molar refractivity (Wildman–Crippen MR) is 48.2 cm³/mol. The zero-order valence-corrected chi connectivity index (χ0v) is 7.24. The van der Waals surface area contributed by atoms with Gasteiger partial charge in [-0.25, -0.2) is 0 Å². The van der Waals surface area contributed by atoms with E-state index in [9.17, 15) is 5.11 Å². The van der Waals surface area contributed by atoms with E-state index in [4.69, 9.17) is 7.48 Å². The molecule has 2 atom stereocenters. The molecule has 1 rings (SSSR count). The van der Waals surface area contributed by atoms with E-state index in [1.165, 1.54) is 6.92 Å². The molecule has 1 aromatic carbocycles. The third-order valence-electron chi connectivity index (χ3n) is 1.66. The fraction of sp³-hybridized carbons (Fsp3) is 0.400. The van der Waals surface area contributed by atoms with E-state index in [0.717, 1.165) is 0 Å². The summed E-state index contributed by atoms with van der Waals surface area (Å²) in [5.41, 5.74) is 0.404. The number of hydrogen-bond donors (Lipinski definition) is 1. The van der Waals surface area contributed by atoms with E-state index in [2.05, 4.69) is 0 Å². The van der Waals surface area contributed by atoms with Crippen molar-refractivity contribution in [3.8, 4) is 5.75 Å². The molecule has 0 fully saturated rings. The molecule has 0 spiro atoms. The lowest BCUT2D eigenvalue weighted by atomic mass is 10.1. The molecule has 0 saturated carbocycles. The molecule has 1 N–H and O–H groups in total. The van der Waals surface area contributed by atoms with Crippen LogP contribution in [0.25, 0.3) is 0 Å². The summed E-state index contributed by atoms with van der Waals surface area (Å²) in [7, 11) is 1.55. The Labute approximate surface area is 75.6 Å². The third-order valence-corrected chi connectivity index (χ3v) is 1.66. The maximum atomic E-state index is 9.67. The first-order valence-electron chi connectivity index (χ1n) is 4.85. The molecule has 12 heavy (non-hydrogen) atoms. The molecule has 0 saturated heterocycles. The predicted octanol–water partition coefficient (Wildman–Crippen LogP) is 2.14. The minimum atomic E-state index is -1.85. The van der Waals surface area contributed by atoms with Crippen molar-refractivity contribution in [2.75, 3.05) is 7.11 Å². The van der Waals surface area contributed by atoms with Crippen LogP contribution >= 0.6 is 0 Å². The van der Waals surface area contributed by atoms with E-state index < -0.39 is 12.5 Å². The van der Waals surface area contributed by atoms with Crippen molar-refractivity contribution in [2.45, 2.75) is 19.4 Å². The Morgan fingerprint density at radius 3 is 2.58 bits per heavy atom. The normalized spacial score (nSPS) is 20.2. The molecule has 0 aromatic heterocycles. The second-order valence-electron chi connectivity index (χ2n) is 2.40. The smallest absolute Gasteiger partial charge is 0.118 e. The lowest BCUT2D eigenvalue weighted by molar-refractivity contribution is 0.173. The van der Waals surface area contributed by atoms with E-state index >= 15 is 0 Å². The van der Waals surface area contributed by atoms with Crippen LogP contribution in [-0.2, 0) is 0 Å². The molecule has 66 valence electrons. The Hall–Kier alpha value is -1.02. The highest BCUT2D eigenvalue weighted by molar-refractivity contribution is 5.28. The molecule has 0 heterocycles. The van der Waals surface area contributed by atoms with Crippen molar-refractivity contribution in [1.29, 1.82) is 0 Å².